The van der Waals surface area contributed by atoms with Crippen LogP contribution in [-0.2, 0) is 13.0 Å². The third-order valence-corrected chi connectivity index (χ3v) is 7.39. The van der Waals surface area contributed by atoms with Crippen LogP contribution in [0.1, 0.15) is 62.1 Å². The molecule has 9 heteroatoms. The monoisotopic (exact) mass is 477 g/mol. The van der Waals surface area contributed by atoms with E-state index in [1.165, 1.54) is 0 Å². The fourth-order valence-electron chi connectivity index (χ4n) is 5.39. The van der Waals surface area contributed by atoms with E-state index < -0.39 is 5.54 Å². The SMILES string of the molecule is CC1(NC(=O)c2cc3c(cn2)CCN(C(=O)N2CCCC2)C3)C=CC=C(C(=N)N2CCCC2=N)C1.[HH]. The Labute approximate surface area is 207 Å². The zero-order valence-electron chi connectivity index (χ0n) is 20.3. The molecule has 5 rings (SSSR count). The predicted octanol–water partition coefficient (Wildman–Crippen LogP) is 3.33. The van der Waals surface area contributed by atoms with Crippen molar-refractivity contribution in [3.8, 4) is 0 Å². The van der Waals surface area contributed by atoms with Crippen LogP contribution >= 0.6 is 0 Å². The molecular formula is C26H35N7O2. The molecular weight excluding hydrogens is 442 g/mol. The van der Waals surface area contributed by atoms with E-state index in [4.69, 9.17) is 10.8 Å². The molecule has 2 fully saturated rings. The average molecular weight is 478 g/mol. The summed E-state index contributed by atoms with van der Waals surface area (Å²) in [5, 5.41) is 19.8. The second-order valence-electron chi connectivity index (χ2n) is 10.1. The first-order valence-electron chi connectivity index (χ1n) is 12.5. The molecule has 0 aromatic carbocycles. The molecule has 3 amide bonds. The summed E-state index contributed by atoms with van der Waals surface area (Å²) in [6.07, 6.45) is 12.4. The first-order chi connectivity index (χ1) is 16.8. The summed E-state index contributed by atoms with van der Waals surface area (Å²) in [6.45, 7) is 5.45. The predicted molar refractivity (Wildman–Crippen MR) is 136 cm³/mol. The lowest BCUT2D eigenvalue weighted by Crippen LogP contribution is -2.47. The minimum absolute atomic E-state index is 0. The zero-order valence-corrected chi connectivity index (χ0v) is 20.3. The van der Waals surface area contributed by atoms with Gasteiger partial charge in [0, 0.05) is 53.2 Å². The molecule has 0 radical (unpaired) electrons. The highest BCUT2D eigenvalue weighted by atomic mass is 16.2. The van der Waals surface area contributed by atoms with E-state index >= 15 is 0 Å². The van der Waals surface area contributed by atoms with Crippen molar-refractivity contribution in [3.63, 3.8) is 0 Å². The van der Waals surface area contributed by atoms with Gasteiger partial charge < -0.3 is 20.0 Å². The zero-order chi connectivity index (χ0) is 24.6. The van der Waals surface area contributed by atoms with Crippen LogP contribution in [0.2, 0.25) is 0 Å². The van der Waals surface area contributed by atoms with Crippen molar-refractivity contribution < 1.29 is 11.0 Å². The third kappa shape index (κ3) is 4.72. The molecule has 0 spiro atoms. The summed E-state index contributed by atoms with van der Waals surface area (Å²) >= 11 is 0. The van der Waals surface area contributed by atoms with Gasteiger partial charge >= 0.3 is 6.03 Å². The summed E-state index contributed by atoms with van der Waals surface area (Å²) in [4.78, 5) is 36.0. The second kappa shape index (κ2) is 9.28. The topological polar surface area (TPSA) is 116 Å². The number of fused-ring (bicyclic) bond motifs is 1. The summed E-state index contributed by atoms with van der Waals surface area (Å²) in [6, 6.07) is 1.90. The molecule has 1 aliphatic carbocycles. The number of hydrogen-bond acceptors (Lipinski definition) is 5. The molecule has 9 nitrogen and oxygen atoms in total. The number of aromatic nitrogens is 1. The Morgan fingerprint density at radius 2 is 1.89 bits per heavy atom. The standard InChI is InChI=1S/C26H33N7O2.H2/c1-26(9-4-6-18(15-26)23(28)33-12-5-7-22(33)27)30-24(34)21-14-20-17-32(13-8-19(20)16-29-21)25(35)31-10-2-3-11-31;/h4,6,9,14,16,27-28H,2-3,5,7-8,10-13,15,17H2,1H3,(H,30,34);1H. The van der Waals surface area contributed by atoms with Crippen LogP contribution < -0.4 is 5.32 Å². The van der Waals surface area contributed by atoms with Crippen LogP contribution in [-0.4, -0.2) is 75.0 Å². The van der Waals surface area contributed by atoms with Crippen molar-refractivity contribution in [1.82, 2.24) is 25.0 Å². The number of likely N-dealkylation sites (tertiary alicyclic amines) is 2. The lowest BCUT2D eigenvalue weighted by Gasteiger charge is -2.33. The summed E-state index contributed by atoms with van der Waals surface area (Å²) < 4.78 is 0. The first kappa shape index (κ1) is 23.3. The Bertz CT molecular complexity index is 1140. The largest absolute Gasteiger partial charge is 0.342 e. The summed E-state index contributed by atoms with van der Waals surface area (Å²) in [7, 11) is 0. The van der Waals surface area contributed by atoms with E-state index in [1.54, 1.807) is 11.1 Å². The number of allylic oxidation sites excluding steroid dienone is 2. The van der Waals surface area contributed by atoms with Gasteiger partial charge in [0.15, 0.2) is 0 Å². The Morgan fingerprint density at radius 3 is 2.63 bits per heavy atom. The number of rotatable bonds is 3. The third-order valence-electron chi connectivity index (χ3n) is 7.39. The van der Waals surface area contributed by atoms with Gasteiger partial charge in [-0.2, -0.15) is 0 Å². The maximum absolute atomic E-state index is 13.2. The number of urea groups is 1. The van der Waals surface area contributed by atoms with Gasteiger partial charge in [0.25, 0.3) is 5.91 Å². The maximum Gasteiger partial charge on any atom is 0.320 e. The molecule has 186 valence electrons. The molecule has 3 N–H and O–H groups in total. The van der Waals surface area contributed by atoms with Gasteiger partial charge in [-0.1, -0.05) is 18.2 Å². The molecule has 4 aliphatic rings. The van der Waals surface area contributed by atoms with Crippen LogP contribution in [0, 0.1) is 10.8 Å². The molecule has 1 aromatic heterocycles. The van der Waals surface area contributed by atoms with Gasteiger partial charge in [-0.15, -0.1) is 0 Å². The van der Waals surface area contributed by atoms with E-state index in [1.807, 2.05) is 41.0 Å². The number of carbonyl (C=O) groups excluding carboxylic acids is 2. The fourth-order valence-corrected chi connectivity index (χ4v) is 5.39. The van der Waals surface area contributed by atoms with E-state index in [2.05, 4.69) is 10.3 Å². The van der Waals surface area contributed by atoms with Gasteiger partial charge in [0.05, 0.1) is 5.54 Å². The Kier molecular flexibility index (Phi) is 6.17. The van der Waals surface area contributed by atoms with Gasteiger partial charge in [0.2, 0.25) is 0 Å². The summed E-state index contributed by atoms with van der Waals surface area (Å²) in [5.74, 6) is 0.545. The van der Waals surface area contributed by atoms with E-state index in [0.29, 0.717) is 49.8 Å². The Balaban J connectivity index is 0.00000304. The number of carbonyl (C=O) groups is 2. The number of nitrogens with zero attached hydrogens (tertiary/aromatic N) is 4. The average Bonchev–Trinajstić information content (AvgIpc) is 3.54. The maximum atomic E-state index is 13.2. The smallest absolute Gasteiger partial charge is 0.320 e. The number of hydrogen-bond donors (Lipinski definition) is 3. The Hall–Kier alpha value is -3.49. The van der Waals surface area contributed by atoms with Crippen molar-refractivity contribution in [2.24, 2.45) is 0 Å². The van der Waals surface area contributed by atoms with Crippen molar-refractivity contribution in [2.45, 2.75) is 57.5 Å². The lowest BCUT2D eigenvalue weighted by atomic mass is 9.87. The van der Waals surface area contributed by atoms with Crippen LogP contribution in [0.25, 0.3) is 0 Å². The van der Waals surface area contributed by atoms with Crippen molar-refractivity contribution in [1.29, 1.82) is 10.8 Å². The molecule has 4 heterocycles. The number of nitrogens with one attached hydrogen (secondary N) is 3. The molecule has 0 bridgehead atoms. The normalized spacial score (nSPS) is 23.9. The van der Waals surface area contributed by atoms with Gasteiger partial charge in [0.1, 0.15) is 17.4 Å². The van der Waals surface area contributed by atoms with Gasteiger partial charge in [-0.3, -0.25) is 20.6 Å². The van der Waals surface area contributed by atoms with Gasteiger partial charge in [-0.05, 0) is 55.4 Å². The highest BCUT2D eigenvalue weighted by Gasteiger charge is 2.32. The minimum Gasteiger partial charge on any atom is -0.342 e. The van der Waals surface area contributed by atoms with Crippen LogP contribution in [0.5, 0.6) is 0 Å². The highest BCUT2D eigenvalue weighted by molar-refractivity contribution is 6.08. The first-order valence-corrected chi connectivity index (χ1v) is 12.5. The Morgan fingerprint density at radius 1 is 1.09 bits per heavy atom. The quantitative estimate of drug-likeness (QED) is 0.457. The number of amides is 3. The lowest BCUT2D eigenvalue weighted by molar-refractivity contribution is 0.0916. The molecule has 2 saturated heterocycles. The van der Waals surface area contributed by atoms with Crippen molar-refractivity contribution in [2.75, 3.05) is 26.2 Å². The second-order valence-corrected chi connectivity index (χ2v) is 10.1. The molecule has 1 atom stereocenters. The number of pyridine rings is 1. The highest BCUT2D eigenvalue weighted by Crippen LogP contribution is 2.27. The van der Waals surface area contributed by atoms with Crippen LogP contribution in [0.4, 0.5) is 4.79 Å². The van der Waals surface area contributed by atoms with Crippen LogP contribution in [0.15, 0.2) is 36.1 Å². The molecule has 35 heavy (non-hydrogen) atoms. The molecule has 0 saturated carbocycles. The fraction of sp³-hybridized carbons (Fsp3) is 0.500. The molecule has 3 aliphatic heterocycles. The van der Waals surface area contributed by atoms with Crippen molar-refractivity contribution >= 4 is 23.6 Å². The van der Waals surface area contributed by atoms with Crippen molar-refractivity contribution in [3.05, 3.63) is 52.9 Å². The summed E-state index contributed by atoms with van der Waals surface area (Å²) in [5.41, 5.74) is 2.54. The molecule has 1 aromatic rings. The molecule has 1 unspecified atom stereocenters. The van der Waals surface area contributed by atoms with Gasteiger partial charge in [-0.25, -0.2) is 4.79 Å². The van der Waals surface area contributed by atoms with E-state index in [9.17, 15) is 9.59 Å². The number of amidine groups is 2. The van der Waals surface area contributed by atoms with Crippen LogP contribution in [0.3, 0.4) is 0 Å². The van der Waals surface area contributed by atoms with E-state index in [0.717, 1.165) is 55.5 Å². The van der Waals surface area contributed by atoms with E-state index in [-0.39, 0.29) is 13.4 Å². The minimum atomic E-state index is -0.662.